The van der Waals surface area contributed by atoms with E-state index in [1.54, 1.807) is 24.0 Å². The number of hydrogen-bond donors (Lipinski definition) is 2. The molecule has 1 aliphatic rings. The van der Waals surface area contributed by atoms with Gasteiger partial charge in [0.25, 0.3) is 0 Å². The normalized spacial score (nSPS) is 20.9. The molecule has 1 aromatic heterocycles. The summed E-state index contributed by atoms with van der Waals surface area (Å²) in [5.41, 5.74) is 1.63. The van der Waals surface area contributed by atoms with E-state index in [1.807, 2.05) is 11.8 Å². The molecular weight excluding hydrogens is 332 g/mol. The number of carbonyl (C=O) groups excluding carboxylic acids is 1. The molecule has 2 N–H and O–H groups in total. The standard InChI is InChI=1S/C19H26N4O3/c1-15-3-5-16(6-4-15)11-19(14-24)13-23(9-10-26-19)12-18(25)20-17-7-8-22(2)21-17/h3-8,24H,9-14H2,1-2H3,(H,20,21,25). The second kappa shape index (κ2) is 7.99. The van der Waals surface area contributed by atoms with Gasteiger partial charge in [0, 0.05) is 38.8 Å². The van der Waals surface area contributed by atoms with E-state index >= 15 is 0 Å². The molecule has 1 saturated heterocycles. The van der Waals surface area contributed by atoms with Crippen LogP contribution in [0, 0.1) is 6.92 Å². The van der Waals surface area contributed by atoms with Gasteiger partial charge in [0.1, 0.15) is 5.60 Å². The first-order chi connectivity index (χ1) is 12.5. The van der Waals surface area contributed by atoms with Crippen molar-refractivity contribution in [3.63, 3.8) is 0 Å². The minimum atomic E-state index is -0.682. The molecule has 0 spiro atoms. The molecule has 1 atom stereocenters. The van der Waals surface area contributed by atoms with E-state index < -0.39 is 5.60 Å². The number of aryl methyl sites for hydroxylation is 2. The van der Waals surface area contributed by atoms with Crippen LogP contribution in [0.3, 0.4) is 0 Å². The largest absolute Gasteiger partial charge is 0.393 e. The van der Waals surface area contributed by atoms with Gasteiger partial charge in [0.15, 0.2) is 5.82 Å². The molecule has 7 nitrogen and oxygen atoms in total. The minimum Gasteiger partial charge on any atom is -0.393 e. The average molecular weight is 358 g/mol. The topological polar surface area (TPSA) is 79.6 Å². The van der Waals surface area contributed by atoms with Gasteiger partial charge in [-0.1, -0.05) is 29.8 Å². The molecule has 1 aromatic carbocycles. The van der Waals surface area contributed by atoms with E-state index in [0.717, 1.165) is 5.56 Å². The molecule has 0 aliphatic carbocycles. The van der Waals surface area contributed by atoms with E-state index in [1.165, 1.54) is 5.56 Å². The number of nitrogens with zero attached hydrogens (tertiary/aromatic N) is 3. The zero-order chi connectivity index (χ0) is 18.6. The second-order valence-corrected chi connectivity index (χ2v) is 6.99. The van der Waals surface area contributed by atoms with Crippen molar-refractivity contribution in [3.8, 4) is 0 Å². The maximum Gasteiger partial charge on any atom is 0.239 e. The molecule has 1 amide bonds. The number of amides is 1. The summed E-state index contributed by atoms with van der Waals surface area (Å²) in [6.45, 7) is 3.86. The van der Waals surface area contributed by atoms with Gasteiger partial charge in [-0.3, -0.25) is 14.4 Å². The summed E-state index contributed by atoms with van der Waals surface area (Å²) in [7, 11) is 1.80. The lowest BCUT2D eigenvalue weighted by atomic mass is 9.92. The van der Waals surface area contributed by atoms with Crippen LogP contribution in [0.15, 0.2) is 36.5 Å². The van der Waals surface area contributed by atoms with Crippen LogP contribution in [0.1, 0.15) is 11.1 Å². The third-order valence-electron chi connectivity index (χ3n) is 4.61. The predicted octanol–water partition coefficient (Wildman–Crippen LogP) is 0.973. The van der Waals surface area contributed by atoms with Crippen molar-refractivity contribution >= 4 is 11.7 Å². The summed E-state index contributed by atoms with van der Waals surface area (Å²) in [5, 5.41) is 16.9. The molecule has 0 radical (unpaired) electrons. The number of carbonyl (C=O) groups is 1. The summed E-state index contributed by atoms with van der Waals surface area (Å²) in [5.74, 6) is 0.423. The first kappa shape index (κ1) is 18.6. The Morgan fingerprint density at radius 2 is 2.12 bits per heavy atom. The van der Waals surface area contributed by atoms with Crippen LogP contribution in [0.4, 0.5) is 5.82 Å². The Morgan fingerprint density at radius 3 is 2.77 bits per heavy atom. The summed E-state index contributed by atoms with van der Waals surface area (Å²) >= 11 is 0. The summed E-state index contributed by atoms with van der Waals surface area (Å²) < 4.78 is 7.58. The smallest absolute Gasteiger partial charge is 0.239 e. The van der Waals surface area contributed by atoms with Crippen molar-refractivity contribution in [1.82, 2.24) is 14.7 Å². The number of aromatic nitrogens is 2. The van der Waals surface area contributed by atoms with Gasteiger partial charge in [0.2, 0.25) is 5.91 Å². The lowest BCUT2D eigenvalue weighted by molar-refractivity contribution is -0.138. The lowest BCUT2D eigenvalue weighted by Crippen LogP contribution is -2.56. The molecule has 0 saturated carbocycles. The van der Waals surface area contributed by atoms with Gasteiger partial charge >= 0.3 is 0 Å². The quantitative estimate of drug-likeness (QED) is 0.805. The van der Waals surface area contributed by atoms with Gasteiger partial charge < -0.3 is 15.2 Å². The molecule has 7 heteroatoms. The molecular formula is C19H26N4O3. The Kier molecular flexibility index (Phi) is 5.70. The molecule has 1 unspecified atom stereocenters. The molecule has 0 bridgehead atoms. The second-order valence-electron chi connectivity index (χ2n) is 6.99. The molecule has 1 aliphatic heterocycles. The van der Waals surface area contributed by atoms with Gasteiger partial charge in [-0.05, 0) is 12.5 Å². The third kappa shape index (κ3) is 4.69. The van der Waals surface area contributed by atoms with Crippen molar-refractivity contribution in [2.24, 2.45) is 7.05 Å². The number of hydrogen-bond acceptors (Lipinski definition) is 5. The SMILES string of the molecule is Cc1ccc(CC2(CO)CN(CC(=O)Nc3ccn(C)n3)CCO2)cc1. The number of aliphatic hydroxyl groups is 1. The fraction of sp³-hybridized carbons (Fsp3) is 0.474. The molecule has 3 rings (SSSR count). The summed E-state index contributed by atoms with van der Waals surface area (Å²) in [6, 6.07) is 9.99. The van der Waals surface area contributed by atoms with Crippen LogP contribution in [0.5, 0.6) is 0 Å². The van der Waals surface area contributed by atoms with E-state index in [4.69, 9.17) is 4.74 Å². The molecule has 1 fully saturated rings. The van der Waals surface area contributed by atoms with Crippen LogP contribution in [0.2, 0.25) is 0 Å². The van der Waals surface area contributed by atoms with Crippen LogP contribution in [0.25, 0.3) is 0 Å². The fourth-order valence-corrected chi connectivity index (χ4v) is 3.26. The number of morpholine rings is 1. The highest BCUT2D eigenvalue weighted by Crippen LogP contribution is 2.23. The van der Waals surface area contributed by atoms with Gasteiger partial charge in [-0.25, -0.2) is 0 Å². The Bertz CT molecular complexity index is 743. The molecule has 26 heavy (non-hydrogen) atoms. The van der Waals surface area contributed by atoms with Crippen LogP contribution >= 0.6 is 0 Å². The first-order valence-electron chi connectivity index (χ1n) is 8.80. The molecule has 2 aromatic rings. The average Bonchev–Trinajstić information content (AvgIpc) is 3.02. The third-order valence-corrected chi connectivity index (χ3v) is 4.61. The zero-order valence-corrected chi connectivity index (χ0v) is 15.3. The maximum absolute atomic E-state index is 12.3. The maximum atomic E-state index is 12.3. The summed E-state index contributed by atoms with van der Waals surface area (Å²) in [6.07, 6.45) is 2.39. The Hall–Kier alpha value is -2.22. The molecule has 2 heterocycles. The highest BCUT2D eigenvalue weighted by Gasteiger charge is 2.37. The predicted molar refractivity (Wildman–Crippen MR) is 98.9 cm³/mol. The van der Waals surface area contributed by atoms with Gasteiger partial charge in [0.05, 0.1) is 19.8 Å². The van der Waals surface area contributed by atoms with E-state index in [0.29, 0.717) is 31.9 Å². The van der Waals surface area contributed by atoms with Crippen molar-refractivity contribution in [2.45, 2.75) is 18.9 Å². The first-order valence-corrected chi connectivity index (χ1v) is 8.80. The molecule has 140 valence electrons. The fourth-order valence-electron chi connectivity index (χ4n) is 3.26. The van der Waals surface area contributed by atoms with Gasteiger partial charge in [-0.15, -0.1) is 0 Å². The number of nitrogens with one attached hydrogen (secondary N) is 1. The van der Waals surface area contributed by atoms with Crippen molar-refractivity contribution < 1.29 is 14.6 Å². The summed E-state index contributed by atoms with van der Waals surface area (Å²) in [4.78, 5) is 14.3. The lowest BCUT2D eigenvalue weighted by Gasteiger charge is -2.41. The van der Waals surface area contributed by atoms with Crippen molar-refractivity contribution in [3.05, 3.63) is 47.7 Å². The Labute approximate surface area is 153 Å². The van der Waals surface area contributed by atoms with Gasteiger partial charge in [-0.2, -0.15) is 5.10 Å². The number of ether oxygens (including phenoxy) is 1. The van der Waals surface area contributed by atoms with Crippen LogP contribution in [-0.2, 0) is 23.0 Å². The Balaban J connectivity index is 1.60. The highest BCUT2D eigenvalue weighted by molar-refractivity contribution is 5.91. The number of benzene rings is 1. The monoisotopic (exact) mass is 358 g/mol. The zero-order valence-electron chi connectivity index (χ0n) is 15.3. The minimum absolute atomic E-state index is 0.0841. The Morgan fingerprint density at radius 1 is 1.35 bits per heavy atom. The number of anilines is 1. The highest BCUT2D eigenvalue weighted by atomic mass is 16.5. The van der Waals surface area contributed by atoms with Crippen LogP contribution < -0.4 is 5.32 Å². The van der Waals surface area contributed by atoms with E-state index in [-0.39, 0.29) is 19.1 Å². The van der Waals surface area contributed by atoms with E-state index in [2.05, 4.69) is 34.7 Å². The van der Waals surface area contributed by atoms with E-state index in [9.17, 15) is 9.90 Å². The van der Waals surface area contributed by atoms with Crippen molar-refractivity contribution in [1.29, 1.82) is 0 Å². The van der Waals surface area contributed by atoms with Crippen molar-refractivity contribution in [2.75, 3.05) is 38.2 Å². The van der Waals surface area contributed by atoms with Crippen LogP contribution in [-0.4, -0.2) is 64.1 Å². The number of aliphatic hydroxyl groups excluding tert-OH is 1. The number of rotatable bonds is 6.